The van der Waals surface area contributed by atoms with Gasteiger partial charge in [0.1, 0.15) is 0 Å². The number of rotatable bonds is 3. The third-order valence-electron chi connectivity index (χ3n) is 2.69. The number of nitrogens with one attached hydrogen (secondary N) is 1. The molecule has 0 bridgehead atoms. The molecule has 6 nitrogen and oxygen atoms in total. The predicted molar refractivity (Wildman–Crippen MR) is 68.5 cm³/mol. The highest BCUT2D eigenvalue weighted by molar-refractivity contribution is 5.87. The number of hydrogen-bond acceptors (Lipinski definition) is 5. The second kappa shape index (κ2) is 5.48. The van der Waals surface area contributed by atoms with E-state index in [4.69, 9.17) is 20.4 Å². The normalized spacial score (nSPS) is 16.8. The van der Waals surface area contributed by atoms with Gasteiger partial charge in [-0.1, -0.05) is 5.16 Å². The molecule has 0 fully saturated rings. The molecule has 1 aliphatic rings. The highest BCUT2D eigenvalue weighted by Gasteiger charge is 2.12. The Morgan fingerprint density at radius 1 is 1.39 bits per heavy atom. The summed E-state index contributed by atoms with van der Waals surface area (Å²) >= 11 is 0. The molecule has 0 radical (unpaired) electrons. The summed E-state index contributed by atoms with van der Waals surface area (Å²) in [7, 11) is 0. The van der Waals surface area contributed by atoms with Gasteiger partial charge in [-0.05, 0) is 19.1 Å². The van der Waals surface area contributed by atoms with Gasteiger partial charge in [0.2, 0.25) is 0 Å². The summed E-state index contributed by atoms with van der Waals surface area (Å²) in [5, 5.41) is 14.7. The average Bonchev–Trinajstić information content (AvgIpc) is 2.62. The van der Waals surface area contributed by atoms with Gasteiger partial charge in [0.15, 0.2) is 17.3 Å². The molecular formula is C12H17N3O3. The smallest absolute Gasteiger partial charge is 0.163 e. The number of anilines is 1. The van der Waals surface area contributed by atoms with Crippen molar-refractivity contribution in [2.45, 2.75) is 19.4 Å². The number of nitrogens with two attached hydrogens (primary N) is 1. The van der Waals surface area contributed by atoms with Gasteiger partial charge in [0.25, 0.3) is 0 Å². The van der Waals surface area contributed by atoms with Crippen molar-refractivity contribution in [3.8, 4) is 11.5 Å². The van der Waals surface area contributed by atoms with Crippen LogP contribution in [-0.2, 0) is 0 Å². The van der Waals surface area contributed by atoms with Crippen LogP contribution in [0.1, 0.15) is 13.3 Å². The molecule has 1 atom stereocenters. The molecule has 18 heavy (non-hydrogen) atoms. The first-order chi connectivity index (χ1) is 8.70. The molecule has 0 amide bonds. The molecule has 0 saturated carbocycles. The molecule has 4 N–H and O–H groups in total. The zero-order valence-electron chi connectivity index (χ0n) is 10.2. The van der Waals surface area contributed by atoms with Crippen LogP contribution in [0.3, 0.4) is 0 Å². The fourth-order valence-corrected chi connectivity index (χ4v) is 1.66. The Labute approximate surface area is 105 Å². The molecule has 0 saturated heterocycles. The van der Waals surface area contributed by atoms with E-state index in [0.717, 1.165) is 17.9 Å². The Hall–Kier alpha value is -2.11. The van der Waals surface area contributed by atoms with Crippen molar-refractivity contribution in [2.24, 2.45) is 10.9 Å². The van der Waals surface area contributed by atoms with Crippen molar-refractivity contribution in [1.82, 2.24) is 0 Å². The summed E-state index contributed by atoms with van der Waals surface area (Å²) in [5.74, 6) is 1.58. The van der Waals surface area contributed by atoms with Crippen LogP contribution in [0.15, 0.2) is 23.4 Å². The van der Waals surface area contributed by atoms with Gasteiger partial charge in [0.05, 0.1) is 19.3 Å². The summed E-state index contributed by atoms with van der Waals surface area (Å²) in [6, 6.07) is 5.30. The fraction of sp³-hybridized carbons (Fsp3) is 0.417. The van der Waals surface area contributed by atoms with E-state index in [1.54, 1.807) is 6.92 Å². The van der Waals surface area contributed by atoms with Gasteiger partial charge in [0, 0.05) is 18.2 Å². The van der Waals surface area contributed by atoms with Gasteiger partial charge in [-0.15, -0.1) is 0 Å². The van der Waals surface area contributed by atoms with Gasteiger partial charge in [-0.25, -0.2) is 0 Å². The number of fused-ring (bicyclic) bond motifs is 1. The van der Waals surface area contributed by atoms with Crippen LogP contribution in [0.5, 0.6) is 11.5 Å². The first-order valence-corrected chi connectivity index (χ1v) is 5.84. The monoisotopic (exact) mass is 251 g/mol. The first-order valence-electron chi connectivity index (χ1n) is 5.84. The van der Waals surface area contributed by atoms with Crippen LogP contribution in [0.25, 0.3) is 0 Å². The minimum atomic E-state index is -0.264. The van der Waals surface area contributed by atoms with Crippen LogP contribution < -0.4 is 20.5 Å². The van der Waals surface area contributed by atoms with E-state index in [0.29, 0.717) is 19.0 Å². The molecule has 1 aromatic rings. The van der Waals surface area contributed by atoms with E-state index in [1.165, 1.54) is 0 Å². The SMILES string of the molecule is CC(Nc1ccc2c(c1)OCCCO2)/C(N)=N/O. The van der Waals surface area contributed by atoms with Crippen molar-refractivity contribution in [3.05, 3.63) is 18.2 Å². The predicted octanol–water partition coefficient (Wildman–Crippen LogP) is 1.39. The molecular weight excluding hydrogens is 234 g/mol. The number of ether oxygens (including phenoxy) is 2. The first kappa shape index (κ1) is 12.3. The topological polar surface area (TPSA) is 89.1 Å². The van der Waals surface area contributed by atoms with Crippen LogP contribution in [0, 0.1) is 0 Å². The zero-order valence-corrected chi connectivity index (χ0v) is 10.2. The standard InChI is InChI=1S/C12H17N3O3/c1-8(12(13)15-16)14-9-3-4-10-11(7-9)18-6-2-5-17-10/h3-4,7-8,14,16H,2,5-6H2,1H3,(H2,13,15). The maximum Gasteiger partial charge on any atom is 0.163 e. The highest BCUT2D eigenvalue weighted by Crippen LogP contribution is 2.32. The third kappa shape index (κ3) is 2.77. The lowest BCUT2D eigenvalue weighted by atomic mass is 10.2. The molecule has 1 unspecified atom stereocenters. The van der Waals surface area contributed by atoms with Gasteiger partial charge in [-0.2, -0.15) is 0 Å². The molecule has 98 valence electrons. The molecule has 0 spiro atoms. The summed E-state index contributed by atoms with van der Waals surface area (Å²) in [5.41, 5.74) is 6.34. The van der Waals surface area contributed by atoms with Crippen molar-refractivity contribution in [3.63, 3.8) is 0 Å². The lowest BCUT2D eigenvalue weighted by Crippen LogP contribution is -2.32. The minimum Gasteiger partial charge on any atom is -0.490 e. The quantitative estimate of drug-likeness (QED) is 0.327. The largest absolute Gasteiger partial charge is 0.490 e. The number of nitrogens with zero attached hydrogens (tertiary/aromatic N) is 1. The van der Waals surface area contributed by atoms with Crippen LogP contribution in [0.4, 0.5) is 5.69 Å². The van der Waals surface area contributed by atoms with Crippen molar-refractivity contribution >= 4 is 11.5 Å². The second-order valence-corrected chi connectivity index (χ2v) is 4.10. The van der Waals surface area contributed by atoms with Crippen molar-refractivity contribution in [1.29, 1.82) is 0 Å². The Morgan fingerprint density at radius 2 is 2.11 bits per heavy atom. The van der Waals surface area contributed by atoms with Crippen molar-refractivity contribution < 1.29 is 14.7 Å². The van der Waals surface area contributed by atoms with E-state index in [2.05, 4.69) is 10.5 Å². The number of benzene rings is 1. The summed E-state index contributed by atoms with van der Waals surface area (Å²) in [4.78, 5) is 0. The number of oxime groups is 1. The van der Waals surface area contributed by atoms with Gasteiger partial charge >= 0.3 is 0 Å². The summed E-state index contributed by atoms with van der Waals surface area (Å²) in [6.45, 7) is 3.12. The molecule has 6 heteroatoms. The summed E-state index contributed by atoms with van der Waals surface area (Å²) < 4.78 is 11.1. The lowest BCUT2D eigenvalue weighted by molar-refractivity contribution is 0.297. The summed E-state index contributed by atoms with van der Waals surface area (Å²) in [6.07, 6.45) is 0.873. The van der Waals surface area contributed by atoms with E-state index in [9.17, 15) is 0 Å². The van der Waals surface area contributed by atoms with Gasteiger partial charge < -0.3 is 25.7 Å². The Balaban J connectivity index is 2.13. The Kier molecular flexibility index (Phi) is 3.76. The Bertz CT molecular complexity index is 448. The van der Waals surface area contributed by atoms with Gasteiger partial charge in [-0.3, -0.25) is 0 Å². The van der Waals surface area contributed by atoms with Crippen LogP contribution in [-0.4, -0.2) is 30.3 Å². The van der Waals surface area contributed by atoms with Crippen molar-refractivity contribution in [2.75, 3.05) is 18.5 Å². The fourth-order valence-electron chi connectivity index (χ4n) is 1.66. The molecule has 1 aliphatic heterocycles. The third-order valence-corrected chi connectivity index (χ3v) is 2.69. The molecule has 0 aliphatic carbocycles. The van der Waals surface area contributed by atoms with Crippen LogP contribution in [0.2, 0.25) is 0 Å². The maximum atomic E-state index is 8.59. The molecule has 0 aromatic heterocycles. The van der Waals surface area contributed by atoms with E-state index >= 15 is 0 Å². The molecule has 2 rings (SSSR count). The van der Waals surface area contributed by atoms with Crippen LogP contribution >= 0.6 is 0 Å². The lowest BCUT2D eigenvalue weighted by Gasteiger charge is -2.15. The number of hydrogen-bond donors (Lipinski definition) is 3. The van der Waals surface area contributed by atoms with E-state index in [1.807, 2.05) is 18.2 Å². The minimum absolute atomic E-state index is 0.127. The van der Waals surface area contributed by atoms with E-state index in [-0.39, 0.29) is 11.9 Å². The molecule has 1 aromatic carbocycles. The number of amidine groups is 1. The highest BCUT2D eigenvalue weighted by atomic mass is 16.5. The average molecular weight is 251 g/mol. The second-order valence-electron chi connectivity index (χ2n) is 4.10. The zero-order chi connectivity index (χ0) is 13.0. The Morgan fingerprint density at radius 3 is 2.83 bits per heavy atom. The molecule has 1 heterocycles. The maximum absolute atomic E-state index is 8.59. The van der Waals surface area contributed by atoms with E-state index < -0.39 is 0 Å².